The Bertz CT molecular complexity index is 232. The maximum atomic E-state index is 11.3. The lowest BCUT2D eigenvalue weighted by molar-refractivity contribution is -0.387. The highest BCUT2D eigenvalue weighted by molar-refractivity contribution is 5.86. The summed E-state index contributed by atoms with van der Waals surface area (Å²) < 4.78 is 21.2. The van der Waals surface area contributed by atoms with Gasteiger partial charge in [-0.2, -0.15) is 0 Å². The van der Waals surface area contributed by atoms with E-state index in [4.69, 9.17) is 18.9 Å². The molecule has 0 aliphatic heterocycles. The van der Waals surface area contributed by atoms with E-state index in [1.807, 2.05) is 20.8 Å². The van der Waals surface area contributed by atoms with Crippen LogP contribution < -0.4 is 0 Å². The van der Waals surface area contributed by atoms with Crippen molar-refractivity contribution in [2.75, 3.05) is 26.4 Å². The van der Waals surface area contributed by atoms with Crippen LogP contribution in [0.25, 0.3) is 0 Å². The molecule has 0 saturated heterocycles. The van der Waals surface area contributed by atoms with Gasteiger partial charge in [0.2, 0.25) is 0 Å². The minimum atomic E-state index is -1.32. The third-order valence-electron chi connectivity index (χ3n) is 1.82. The molecular formula is C12H22O5. The molecule has 0 aromatic heterocycles. The summed E-state index contributed by atoms with van der Waals surface area (Å²) in [6, 6.07) is 0. The molecular weight excluding hydrogens is 224 g/mol. The first-order valence-electron chi connectivity index (χ1n) is 5.75. The predicted molar refractivity (Wildman–Crippen MR) is 63.4 cm³/mol. The Morgan fingerprint density at radius 1 is 1.06 bits per heavy atom. The summed E-state index contributed by atoms with van der Waals surface area (Å²) in [6.07, 6.45) is 0. The van der Waals surface area contributed by atoms with E-state index in [1.54, 1.807) is 6.92 Å². The fourth-order valence-electron chi connectivity index (χ4n) is 1.19. The molecule has 0 amide bonds. The van der Waals surface area contributed by atoms with Gasteiger partial charge >= 0.3 is 11.9 Å². The third-order valence-corrected chi connectivity index (χ3v) is 1.82. The van der Waals surface area contributed by atoms with Crippen LogP contribution in [-0.2, 0) is 23.7 Å². The lowest BCUT2D eigenvalue weighted by Gasteiger charge is -2.31. The van der Waals surface area contributed by atoms with Gasteiger partial charge in [-0.05, 0) is 27.7 Å². The van der Waals surface area contributed by atoms with E-state index in [9.17, 15) is 4.79 Å². The number of esters is 1. The maximum absolute atomic E-state index is 11.3. The highest BCUT2D eigenvalue weighted by Gasteiger charge is 2.34. The fraction of sp³-hybridized carbons (Fsp3) is 0.750. The van der Waals surface area contributed by atoms with E-state index >= 15 is 0 Å². The standard InChI is InChI=1S/C12H22O5/c1-6-15-12(16-7-2,17-8-3)9-14-11(13)10(4)5/h4,6-9H2,1-3,5H3. The Labute approximate surface area is 103 Å². The van der Waals surface area contributed by atoms with Crippen LogP contribution in [0.2, 0.25) is 0 Å². The number of hydrogen-bond acceptors (Lipinski definition) is 5. The third kappa shape index (κ3) is 5.81. The number of rotatable bonds is 9. The minimum Gasteiger partial charge on any atom is -0.454 e. The summed E-state index contributed by atoms with van der Waals surface area (Å²) in [6.45, 7) is 11.6. The molecule has 0 N–H and O–H groups in total. The Kier molecular flexibility index (Phi) is 7.78. The van der Waals surface area contributed by atoms with E-state index in [0.29, 0.717) is 25.4 Å². The van der Waals surface area contributed by atoms with Gasteiger partial charge in [-0.1, -0.05) is 6.58 Å². The van der Waals surface area contributed by atoms with Gasteiger partial charge in [-0.3, -0.25) is 0 Å². The van der Waals surface area contributed by atoms with Crippen LogP contribution in [0.1, 0.15) is 27.7 Å². The van der Waals surface area contributed by atoms with Crippen molar-refractivity contribution >= 4 is 5.97 Å². The summed E-state index contributed by atoms with van der Waals surface area (Å²) in [4.78, 5) is 11.3. The van der Waals surface area contributed by atoms with Gasteiger partial charge in [0.1, 0.15) is 0 Å². The van der Waals surface area contributed by atoms with Crippen molar-refractivity contribution in [2.45, 2.75) is 33.7 Å². The number of ether oxygens (including phenoxy) is 4. The van der Waals surface area contributed by atoms with Crippen LogP contribution in [0, 0.1) is 0 Å². The van der Waals surface area contributed by atoms with Crippen LogP contribution >= 0.6 is 0 Å². The Hall–Kier alpha value is -0.910. The average Bonchev–Trinajstić information content (AvgIpc) is 2.27. The quantitative estimate of drug-likeness (QED) is 0.353. The summed E-state index contributed by atoms with van der Waals surface area (Å²) in [5.41, 5.74) is 0.323. The molecule has 5 nitrogen and oxygen atoms in total. The van der Waals surface area contributed by atoms with Gasteiger partial charge in [0.05, 0.1) is 0 Å². The van der Waals surface area contributed by atoms with Crippen molar-refractivity contribution in [3.63, 3.8) is 0 Å². The average molecular weight is 246 g/mol. The van der Waals surface area contributed by atoms with E-state index < -0.39 is 11.9 Å². The SMILES string of the molecule is C=C(C)C(=O)OCC(OCC)(OCC)OCC. The number of hydrogen-bond donors (Lipinski definition) is 0. The van der Waals surface area contributed by atoms with Crippen LogP contribution in [0.3, 0.4) is 0 Å². The number of carbonyl (C=O) groups is 1. The van der Waals surface area contributed by atoms with Crippen molar-refractivity contribution in [3.8, 4) is 0 Å². The summed E-state index contributed by atoms with van der Waals surface area (Å²) in [5.74, 6) is -1.81. The largest absolute Gasteiger partial charge is 0.454 e. The molecule has 0 fully saturated rings. The molecule has 0 unspecified atom stereocenters. The molecule has 0 rings (SSSR count). The summed E-state index contributed by atoms with van der Waals surface area (Å²) in [7, 11) is 0. The monoisotopic (exact) mass is 246 g/mol. The van der Waals surface area contributed by atoms with Crippen molar-refractivity contribution < 1.29 is 23.7 Å². The highest BCUT2D eigenvalue weighted by atomic mass is 16.9. The maximum Gasteiger partial charge on any atom is 0.333 e. The Morgan fingerprint density at radius 3 is 1.76 bits per heavy atom. The summed E-state index contributed by atoms with van der Waals surface area (Å²) >= 11 is 0. The first-order chi connectivity index (χ1) is 8.01. The Morgan fingerprint density at radius 2 is 1.47 bits per heavy atom. The van der Waals surface area contributed by atoms with Gasteiger partial charge in [0.15, 0.2) is 6.61 Å². The van der Waals surface area contributed by atoms with Crippen LogP contribution in [-0.4, -0.2) is 38.4 Å². The minimum absolute atomic E-state index is 0.117. The lowest BCUT2D eigenvalue weighted by Crippen LogP contribution is -2.44. The Balaban J connectivity index is 4.53. The van der Waals surface area contributed by atoms with Gasteiger partial charge < -0.3 is 18.9 Å². The van der Waals surface area contributed by atoms with E-state index in [-0.39, 0.29) is 6.61 Å². The molecule has 0 spiro atoms. The van der Waals surface area contributed by atoms with Crippen molar-refractivity contribution in [1.29, 1.82) is 0 Å². The molecule has 0 atom stereocenters. The van der Waals surface area contributed by atoms with Crippen molar-refractivity contribution in [2.24, 2.45) is 0 Å². The lowest BCUT2D eigenvalue weighted by atomic mass is 10.4. The zero-order valence-corrected chi connectivity index (χ0v) is 11.1. The zero-order chi connectivity index (χ0) is 13.3. The highest BCUT2D eigenvalue weighted by Crippen LogP contribution is 2.17. The van der Waals surface area contributed by atoms with Gasteiger partial charge in [-0.15, -0.1) is 0 Å². The smallest absolute Gasteiger partial charge is 0.333 e. The van der Waals surface area contributed by atoms with Crippen molar-refractivity contribution in [1.82, 2.24) is 0 Å². The predicted octanol–water partition coefficient (Wildman–Crippen LogP) is 1.87. The first kappa shape index (κ1) is 16.1. The second-order valence-corrected chi connectivity index (χ2v) is 3.34. The summed E-state index contributed by atoms with van der Waals surface area (Å²) in [5, 5.41) is 0. The van der Waals surface area contributed by atoms with Crippen LogP contribution in [0.5, 0.6) is 0 Å². The first-order valence-corrected chi connectivity index (χ1v) is 5.75. The molecule has 0 aromatic carbocycles. The molecule has 17 heavy (non-hydrogen) atoms. The van der Waals surface area contributed by atoms with Crippen molar-refractivity contribution in [3.05, 3.63) is 12.2 Å². The van der Waals surface area contributed by atoms with Crippen LogP contribution in [0.15, 0.2) is 12.2 Å². The van der Waals surface area contributed by atoms with Gasteiger partial charge in [-0.25, -0.2) is 4.79 Å². The van der Waals surface area contributed by atoms with Crippen LogP contribution in [0.4, 0.5) is 0 Å². The fourth-order valence-corrected chi connectivity index (χ4v) is 1.19. The molecule has 0 aliphatic carbocycles. The van der Waals surface area contributed by atoms with E-state index in [0.717, 1.165) is 0 Å². The second kappa shape index (κ2) is 8.22. The molecule has 0 radical (unpaired) electrons. The normalized spacial score (nSPS) is 11.3. The molecule has 0 heterocycles. The van der Waals surface area contributed by atoms with Gasteiger partial charge in [0, 0.05) is 25.4 Å². The van der Waals surface area contributed by atoms with Gasteiger partial charge in [0.25, 0.3) is 0 Å². The second-order valence-electron chi connectivity index (χ2n) is 3.34. The molecule has 5 heteroatoms. The van der Waals surface area contributed by atoms with E-state index in [2.05, 4.69) is 6.58 Å². The topological polar surface area (TPSA) is 54.0 Å². The molecule has 0 bridgehead atoms. The van der Waals surface area contributed by atoms with E-state index in [1.165, 1.54) is 0 Å². The molecule has 0 saturated carbocycles. The zero-order valence-electron chi connectivity index (χ0n) is 11.1. The molecule has 0 aromatic rings. The molecule has 100 valence electrons. The molecule has 0 aliphatic rings. The number of carbonyl (C=O) groups excluding carboxylic acids is 1.